The minimum Gasteiger partial charge on any atom is -0.478 e. The molecule has 0 aliphatic heterocycles. The fourth-order valence-corrected chi connectivity index (χ4v) is 1.04. The smallest absolute Gasteiger partial charge is 0.331 e. The highest BCUT2D eigenvalue weighted by Crippen LogP contribution is 2.03. The van der Waals surface area contributed by atoms with Gasteiger partial charge >= 0.3 is 5.97 Å². The van der Waals surface area contributed by atoms with E-state index in [2.05, 4.69) is 5.32 Å². The molecule has 0 aliphatic rings. The lowest BCUT2D eigenvalue weighted by molar-refractivity contribution is -0.133. The Hall–Kier alpha value is -0.970. The van der Waals surface area contributed by atoms with E-state index in [-0.39, 0.29) is 17.1 Å². The van der Waals surface area contributed by atoms with Crippen LogP contribution in [-0.4, -0.2) is 35.5 Å². The van der Waals surface area contributed by atoms with Crippen molar-refractivity contribution in [2.45, 2.75) is 13.8 Å². The van der Waals surface area contributed by atoms with Gasteiger partial charge in [0, 0.05) is 23.4 Å². The zero-order valence-corrected chi connectivity index (χ0v) is 9.40. The molecule has 0 heterocycles. The lowest BCUT2D eigenvalue weighted by Gasteiger charge is -2.05. The maximum atomic E-state index is 11.3. The maximum absolute atomic E-state index is 11.3. The molecule has 0 atom stereocenters. The second-order valence-electron chi connectivity index (χ2n) is 2.80. The van der Waals surface area contributed by atoms with Crippen molar-refractivity contribution in [3.63, 3.8) is 0 Å². The topological polar surface area (TPSA) is 66.4 Å². The van der Waals surface area contributed by atoms with Crippen LogP contribution < -0.4 is 5.32 Å². The van der Waals surface area contributed by atoms with Crippen LogP contribution >= 0.6 is 11.8 Å². The average Bonchev–Trinajstić information content (AvgIpc) is 2.15. The number of thioether (sulfide) groups is 1. The molecular formula is C9H15NO3S. The first-order valence-electron chi connectivity index (χ1n) is 4.18. The Balaban J connectivity index is 4.25. The molecule has 14 heavy (non-hydrogen) atoms. The number of rotatable bonds is 5. The van der Waals surface area contributed by atoms with Gasteiger partial charge in [0.15, 0.2) is 0 Å². The van der Waals surface area contributed by atoms with Gasteiger partial charge in [-0.15, -0.1) is 0 Å². The Morgan fingerprint density at radius 3 is 2.29 bits per heavy atom. The second-order valence-corrected chi connectivity index (χ2v) is 3.79. The summed E-state index contributed by atoms with van der Waals surface area (Å²) in [5.74, 6) is -0.535. The number of hydrogen-bond acceptors (Lipinski definition) is 3. The van der Waals surface area contributed by atoms with Gasteiger partial charge in [-0.3, -0.25) is 4.79 Å². The monoisotopic (exact) mass is 217 g/mol. The van der Waals surface area contributed by atoms with Gasteiger partial charge in [-0.2, -0.15) is 11.8 Å². The van der Waals surface area contributed by atoms with E-state index >= 15 is 0 Å². The van der Waals surface area contributed by atoms with Gasteiger partial charge in [0.05, 0.1) is 0 Å². The third-order valence-electron chi connectivity index (χ3n) is 1.82. The van der Waals surface area contributed by atoms with Crippen LogP contribution in [0.5, 0.6) is 0 Å². The Bertz CT molecular complexity index is 261. The van der Waals surface area contributed by atoms with Crippen LogP contribution in [0, 0.1) is 0 Å². The minimum atomic E-state index is -1.05. The number of carbonyl (C=O) groups excluding carboxylic acids is 1. The van der Waals surface area contributed by atoms with Crippen molar-refractivity contribution in [2.24, 2.45) is 0 Å². The van der Waals surface area contributed by atoms with Crippen molar-refractivity contribution in [2.75, 3.05) is 18.6 Å². The van der Waals surface area contributed by atoms with E-state index in [0.717, 1.165) is 5.75 Å². The van der Waals surface area contributed by atoms with E-state index < -0.39 is 5.97 Å². The number of aliphatic carboxylic acids is 1. The number of amides is 1. The molecule has 2 N–H and O–H groups in total. The number of carbonyl (C=O) groups is 2. The summed E-state index contributed by atoms with van der Waals surface area (Å²) < 4.78 is 0. The summed E-state index contributed by atoms with van der Waals surface area (Å²) in [7, 11) is 0. The zero-order valence-electron chi connectivity index (χ0n) is 8.59. The Labute approximate surface area is 87.8 Å². The van der Waals surface area contributed by atoms with E-state index in [4.69, 9.17) is 5.11 Å². The molecule has 5 heteroatoms. The summed E-state index contributed by atoms with van der Waals surface area (Å²) >= 11 is 1.62. The molecule has 0 spiro atoms. The molecule has 0 radical (unpaired) electrons. The molecule has 0 bridgehead atoms. The molecule has 4 nitrogen and oxygen atoms in total. The number of carboxylic acid groups (broad SMARTS) is 1. The van der Waals surface area contributed by atoms with Gasteiger partial charge in [-0.05, 0) is 20.1 Å². The summed E-state index contributed by atoms with van der Waals surface area (Å²) in [5, 5.41) is 11.3. The summed E-state index contributed by atoms with van der Waals surface area (Å²) in [6.45, 7) is 3.49. The summed E-state index contributed by atoms with van der Waals surface area (Å²) in [6.07, 6.45) is 1.94. The van der Waals surface area contributed by atoms with Gasteiger partial charge in [0.25, 0.3) is 0 Å². The van der Waals surface area contributed by atoms with Gasteiger partial charge in [0.1, 0.15) is 0 Å². The lowest BCUT2D eigenvalue weighted by Crippen LogP contribution is -2.27. The van der Waals surface area contributed by atoms with Crippen LogP contribution in [0.25, 0.3) is 0 Å². The van der Waals surface area contributed by atoms with Crippen molar-refractivity contribution in [3.05, 3.63) is 11.1 Å². The minimum absolute atomic E-state index is 0.0895. The van der Waals surface area contributed by atoms with Crippen LogP contribution in [0.15, 0.2) is 11.1 Å². The van der Waals surface area contributed by atoms with Crippen LogP contribution in [0.3, 0.4) is 0 Å². The molecular weight excluding hydrogens is 202 g/mol. The van der Waals surface area contributed by atoms with Gasteiger partial charge in [-0.25, -0.2) is 4.79 Å². The Morgan fingerprint density at radius 1 is 1.29 bits per heavy atom. The third kappa shape index (κ3) is 4.32. The highest BCUT2D eigenvalue weighted by Gasteiger charge is 2.11. The van der Waals surface area contributed by atoms with Gasteiger partial charge in [0.2, 0.25) is 5.91 Å². The SMILES string of the molecule is CSCCNC(=O)C(C)=C(C)C(=O)O. The number of nitrogens with one attached hydrogen (secondary N) is 1. The summed E-state index contributed by atoms with van der Waals surface area (Å²) in [4.78, 5) is 21.9. The first-order valence-corrected chi connectivity index (χ1v) is 5.58. The third-order valence-corrected chi connectivity index (χ3v) is 2.43. The predicted octanol–water partition coefficient (Wildman–Crippen LogP) is 0.887. The van der Waals surface area contributed by atoms with Crippen molar-refractivity contribution in [1.29, 1.82) is 0 Å². The molecule has 80 valence electrons. The van der Waals surface area contributed by atoms with E-state index in [1.165, 1.54) is 13.8 Å². The fourth-order valence-electron chi connectivity index (χ4n) is 0.730. The van der Waals surface area contributed by atoms with Crippen LogP contribution in [0.1, 0.15) is 13.8 Å². The molecule has 0 aromatic carbocycles. The largest absolute Gasteiger partial charge is 0.478 e. The lowest BCUT2D eigenvalue weighted by atomic mass is 10.1. The van der Waals surface area contributed by atoms with E-state index in [0.29, 0.717) is 6.54 Å². The van der Waals surface area contributed by atoms with E-state index in [1.54, 1.807) is 11.8 Å². The van der Waals surface area contributed by atoms with E-state index in [9.17, 15) is 9.59 Å². The fraction of sp³-hybridized carbons (Fsp3) is 0.556. The number of carboxylic acids is 1. The molecule has 0 aromatic heterocycles. The first kappa shape index (κ1) is 13.0. The van der Waals surface area contributed by atoms with Crippen LogP contribution in [0.4, 0.5) is 0 Å². The van der Waals surface area contributed by atoms with Crippen LogP contribution in [0.2, 0.25) is 0 Å². The quantitative estimate of drug-likeness (QED) is 0.530. The van der Waals surface area contributed by atoms with Crippen molar-refractivity contribution < 1.29 is 14.7 Å². The predicted molar refractivity (Wildman–Crippen MR) is 57.4 cm³/mol. The van der Waals surface area contributed by atoms with Crippen LogP contribution in [-0.2, 0) is 9.59 Å². The van der Waals surface area contributed by atoms with E-state index in [1.807, 2.05) is 6.26 Å². The molecule has 0 rings (SSSR count). The van der Waals surface area contributed by atoms with Crippen molar-refractivity contribution in [3.8, 4) is 0 Å². The molecule has 0 unspecified atom stereocenters. The number of hydrogen-bond donors (Lipinski definition) is 2. The molecule has 0 saturated heterocycles. The molecule has 0 aromatic rings. The Morgan fingerprint density at radius 2 is 1.86 bits per heavy atom. The second kappa shape index (κ2) is 6.48. The molecule has 0 fully saturated rings. The average molecular weight is 217 g/mol. The molecule has 1 amide bonds. The summed E-state index contributed by atoms with van der Waals surface area (Å²) in [6, 6.07) is 0. The highest BCUT2D eigenvalue weighted by molar-refractivity contribution is 7.98. The van der Waals surface area contributed by atoms with Gasteiger partial charge in [-0.1, -0.05) is 0 Å². The van der Waals surface area contributed by atoms with Gasteiger partial charge < -0.3 is 10.4 Å². The standard InChI is InChI=1S/C9H15NO3S/c1-6(7(2)9(12)13)8(11)10-4-5-14-3/h4-5H2,1-3H3,(H,10,11)(H,12,13). The zero-order chi connectivity index (χ0) is 11.1. The summed E-state index contributed by atoms with van der Waals surface area (Å²) in [5.41, 5.74) is 0.352. The first-order chi connectivity index (χ1) is 6.50. The van der Waals surface area contributed by atoms with Crippen molar-refractivity contribution >= 4 is 23.6 Å². The molecule has 0 saturated carbocycles. The highest BCUT2D eigenvalue weighted by atomic mass is 32.2. The normalized spacial score (nSPS) is 11.9. The van der Waals surface area contributed by atoms with Crippen molar-refractivity contribution in [1.82, 2.24) is 5.32 Å². The maximum Gasteiger partial charge on any atom is 0.331 e. The Kier molecular flexibility index (Phi) is 6.03. The molecule has 0 aliphatic carbocycles.